The highest BCUT2D eigenvalue weighted by atomic mass is 19.4. The van der Waals surface area contributed by atoms with Crippen LogP contribution in [0, 0.1) is 0 Å². The molecule has 0 unspecified atom stereocenters. The Bertz CT molecular complexity index is 627. The molecule has 1 atom stereocenters. The summed E-state index contributed by atoms with van der Waals surface area (Å²) >= 11 is 0. The Morgan fingerprint density at radius 2 is 1.85 bits per heavy atom. The minimum atomic E-state index is -4.52. The third-order valence-corrected chi connectivity index (χ3v) is 3.09. The van der Waals surface area contributed by atoms with Crippen LogP contribution in [-0.4, -0.2) is 37.9 Å². The molecule has 26 heavy (non-hydrogen) atoms. The highest BCUT2D eigenvalue weighted by molar-refractivity contribution is 5.77. The molecule has 0 bridgehead atoms. The summed E-state index contributed by atoms with van der Waals surface area (Å²) in [6, 6.07) is 3.61. The second-order valence-corrected chi connectivity index (χ2v) is 6.56. The Kier molecular flexibility index (Phi) is 7.43. The van der Waals surface area contributed by atoms with Crippen LogP contribution >= 0.6 is 0 Å². The lowest BCUT2D eigenvalue weighted by Crippen LogP contribution is -2.41. The first-order chi connectivity index (χ1) is 11.9. The number of benzene rings is 1. The van der Waals surface area contributed by atoms with Crippen LogP contribution in [0.2, 0.25) is 0 Å². The zero-order valence-corrected chi connectivity index (χ0v) is 15.1. The second-order valence-electron chi connectivity index (χ2n) is 6.56. The quantitative estimate of drug-likeness (QED) is 0.800. The van der Waals surface area contributed by atoms with Crippen molar-refractivity contribution in [2.24, 2.45) is 0 Å². The molecule has 2 N–H and O–H groups in total. The van der Waals surface area contributed by atoms with E-state index in [-0.39, 0.29) is 18.7 Å². The van der Waals surface area contributed by atoms with Gasteiger partial charge >= 0.3 is 12.3 Å². The summed E-state index contributed by atoms with van der Waals surface area (Å²) in [7, 11) is 1.34. The Morgan fingerprint density at radius 1 is 1.19 bits per heavy atom. The summed E-state index contributed by atoms with van der Waals surface area (Å²) in [5.74, 6) is -0.463. The first-order valence-electron chi connectivity index (χ1n) is 7.84. The lowest BCUT2D eigenvalue weighted by molar-refractivity contribution is -0.137. The normalized spacial score (nSPS) is 13.0. The Morgan fingerprint density at radius 3 is 2.38 bits per heavy atom. The number of carbonyl (C=O) groups is 2. The van der Waals surface area contributed by atoms with E-state index in [0.717, 1.165) is 12.1 Å². The maximum absolute atomic E-state index is 12.9. The maximum Gasteiger partial charge on any atom is 0.416 e. The molecular weight excluding hydrogens is 353 g/mol. The standard InChI is InChI=1S/C17H23F3N2O4/c1-16(2,3)26-15(24)22-13(9-21-14(23)10-25-4)11-6-5-7-12(8-11)17(18,19)20/h5-8,13H,9-10H2,1-4H3,(H,21,23)(H,22,24)/t13-/m0/s1. The van der Waals surface area contributed by atoms with Crippen LogP contribution in [-0.2, 0) is 20.4 Å². The molecule has 0 saturated carbocycles. The van der Waals surface area contributed by atoms with Crippen molar-refractivity contribution in [3.8, 4) is 0 Å². The van der Waals surface area contributed by atoms with Gasteiger partial charge in [0.05, 0.1) is 11.6 Å². The van der Waals surface area contributed by atoms with Crippen LogP contribution in [0.25, 0.3) is 0 Å². The Hall–Kier alpha value is -2.29. The van der Waals surface area contributed by atoms with Crippen molar-refractivity contribution < 1.29 is 32.2 Å². The van der Waals surface area contributed by atoms with E-state index in [9.17, 15) is 22.8 Å². The molecule has 0 aromatic heterocycles. The van der Waals surface area contributed by atoms with Gasteiger partial charge in [0, 0.05) is 13.7 Å². The van der Waals surface area contributed by atoms with Gasteiger partial charge in [0.1, 0.15) is 12.2 Å². The third kappa shape index (κ3) is 7.73. The zero-order valence-electron chi connectivity index (χ0n) is 15.1. The molecule has 1 aromatic carbocycles. The molecule has 146 valence electrons. The Balaban J connectivity index is 2.99. The van der Waals surface area contributed by atoms with Crippen molar-refractivity contribution >= 4 is 12.0 Å². The van der Waals surface area contributed by atoms with Crippen LogP contribution in [0.3, 0.4) is 0 Å². The summed E-state index contributed by atoms with van der Waals surface area (Å²) in [5.41, 5.74) is -1.44. The van der Waals surface area contributed by atoms with Gasteiger partial charge < -0.3 is 20.1 Å². The molecule has 0 fully saturated rings. The van der Waals surface area contributed by atoms with Gasteiger partial charge in [0.2, 0.25) is 5.91 Å². The van der Waals surface area contributed by atoms with Crippen LogP contribution in [0.15, 0.2) is 24.3 Å². The first-order valence-corrected chi connectivity index (χ1v) is 7.84. The number of halogens is 3. The van der Waals surface area contributed by atoms with Gasteiger partial charge in [0.25, 0.3) is 0 Å². The van der Waals surface area contributed by atoms with Crippen molar-refractivity contribution in [2.45, 2.75) is 38.6 Å². The summed E-state index contributed by atoms with van der Waals surface area (Å²) in [6.07, 6.45) is -5.33. The molecule has 1 rings (SSSR count). The van der Waals surface area contributed by atoms with Crippen LogP contribution in [0.1, 0.15) is 37.9 Å². The highest BCUT2D eigenvalue weighted by Crippen LogP contribution is 2.30. The number of nitrogens with one attached hydrogen (secondary N) is 2. The predicted octanol–water partition coefficient (Wildman–Crippen LogP) is 3.03. The van der Waals surface area contributed by atoms with Gasteiger partial charge in [-0.25, -0.2) is 4.79 Å². The molecule has 0 saturated heterocycles. The molecule has 6 nitrogen and oxygen atoms in total. The van der Waals surface area contributed by atoms with E-state index in [1.807, 2.05) is 0 Å². The zero-order chi connectivity index (χ0) is 20.0. The molecule has 0 aliphatic rings. The van der Waals surface area contributed by atoms with Crippen molar-refractivity contribution in [2.75, 3.05) is 20.3 Å². The number of alkyl halides is 3. The minimum Gasteiger partial charge on any atom is -0.444 e. The van der Waals surface area contributed by atoms with Crippen molar-refractivity contribution in [3.05, 3.63) is 35.4 Å². The van der Waals surface area contributed by atoms with Crippen LogP contribution in [0.4, 0.5) is 18.0 Å². The number of carbonyl (C=O) groups excluding carboxylic acids is 2. The molecule has 0 radical (unpaired) electrons. The molecule has 0 aliphatic carbocycles. The number of alkyl carbamates (subject to hydrolysis) is 1. The maximum atomic E-state index is 12.9. The van der Waals surface area contributed by atoms with Crippen molar-refractivity contribution in [3.63, 3.8) is 0 Å². The Labute approximate surface area is 150 Å². The minimum absolute atomic E-state index is 0.122. The molecule has 1 aromatic rings. The SMILES string of the molecule is COCC(=O)NC[C@H](NC(=O)OC(C)(C)C)c1cccc(C(F)(F)F)c1. The van der Waals surface area contributed by atoms with E-state index in [0.29, 0.717) is 0 Å². The van der Waals surface area contributed by atoms with E-state index in [4.69, 9.17) is 4.74 Å². The summed E-state index contributed by atoms with van der Waals surface area (Å²) < 4.78 is 48.6. The predicted molar refractivity (Wildman–Crippen MR) is 88.4 cm³/mol. The average molecular weight is 376 g/mol. The highest BCUT2D eigenvalue weighted by Gasteiger charge is 2.31. The van der Waals surface area contributed by atoms with Crippen molar-refractivity contribution in [1.82, 2.24) is 10.6 Å². The lowest BCUT2D eigenvalue weighted by Gasteiger charge is -2.24. The largest absolute Gasteiger partial charge is 0.444 e. The smallest absolute Gasteiger partial charge is 0.416 e. The van der Waals surface area contributed by atoms with E-state index >= 15 is 0 Å². The topological polar surface area (TPSA) is 76.7 Å². The van der Waals surface area contributed by atoms with Gasteiger partial charge in [-0.05, 0) is 38.5 Å². The molecule has 0 spiro atoms. The summed E-state index contributed by atoms with van der Waals surface area (Å²) in [5, 5.41) is 4.98. The van der Waals surface area contributed by atoms with E-state index in [2.05, 4.69) is 15.4 Å². The summed E-state index contributed by atoms with van der Waals surface area (Å²) in [6.45, 7) is 4.65. The van der Waals surface area contributed by atoms with Gasteiger partial charge in [-0.2, -0.15) is 13.2 Å². The number of methoxy groups -OCH3 is 1. The molecular formula is C17H23F3N2O4. The fourth-order valence-corrected chi connectivity index (χ4v) is 2.03. The van der Waals surface area contributed by atoms with E-state index in [1.165, 1.54) is 19.2 Å². The van der Waals surface area contributed by atoms with Gasteiger partial charge in [-0.1, -0.05) is 12.1 Å². The van der Waals surface area contributed by atoms with Gasteiger partial charge in [-0.15, -0.1) is 0 Å². The molecule has 0 heterocycles. The average Bonchev–Trinajstić information content (AvgIpc) is 2.49. The second kappa shape index (κ2) is 8.88. The van der Waals surface area contributed by atoms with Crippen LogP contribution < -0.4 is 10.6 Å². The lowest BCUT2D eigenvalue weighted by atomic mass is 10.0. The number of amides is 2. The number of hydrogen-bond acceptors (Lipinski definition) is 4. The monoisotopic (exact) mass is 376 g/mol. The van der Waals surface area contributed by atoms with Crippen LogP contribution in [0.5, 0.6) is 0 Å². The fourth-order valence-electron chi connectivity index (χ4n) is 2.03. The van der Waals surface area contributed by atoms with E-state index in [1.54, 1.807) is 20.8 Å². The van der Waals surface area contributed by atoms with Gasteiger partial charge in [-0.3, -0.25) is 4.79 Å². The first kappa shape index (κ1) is 21.8. The van der Waals surface area contributed by atoms with Crippen molar-refractivity contribution in [1.29, 1.82) is 0 Å². The number of ether oxygens (including phenoxy) is 2. The van der Waals surface area contributed by atoms with E-state index < -0.39 is 35.4 Å². The third-order valence-electron chi connectivity index (χ3n) is 3.09. The number of hydrogen-bond donors (Lipinski definition) is 2. The van der Waals surface area contributed by atoms with Gasteiger partial charge in [0.15, 0.2) is 0 Å². The summed E-state index contributed by atoms with van der Waals surface area (Å²) in [4.78, 5) is 23.6. The number of rotatable bonds is 6. The molecule has 0 aliphatic heterocycles. The molecule has 9 heteroatoms. The molecule has 2 amide bonds. The fraction of sp³-hybridized carbons (Fsp3) is 0.529.